The lowest BCUT2D eigenvalue weighted by Crippen LogP contribution is -2.61. The largest absolute Gasteiger partial charge is 0.481 e. The number of Topliss-reactive ketones (excluding diaryl/α,β-unsaturated/α-hetero) is 1. The van der Waals surface area contributed by atoms with Crippen LogP contribution in [0, 0.1) is 0 Å². The molecule has 170 valence electrons. The van der Waals surface area contributed by atoms with Gasteiger partial charge in [0, 0.05) is 12.8 Å². The smallest absolute Gasteiger partial charge is 0.408 e. The highest BCUT2D eigenvalue weighted by molar-refractivity contribution is 5.98. The average Bonchev–Trinajstić information content (AvgIpc) is 2.76. The highest BCUT2D eigenvalue weighted by Crippen LogP contribution is 2.23. The second kappa shape index (κ2) is 11.6. The molecule has 0 heterocycles. The molecule has 0 saturated carbocycles. The van der Waals surface area contributed by atoms with Crippen LogP contribution in [-0.2, 0) is 32.1 Å². The maximum atomic E-state index is 13.3. The first kappa shape index (κ1) is 24.5. The van der Waals surface area contributed by atoms with Crippen molar-refractivity contribution in [2.24, 2.45) is 5.73 Å². The lowest BCUT2D eigenvalue weighted by molar-refractivity contribution is -0.143. The van der Waals surface area contributed by atoms with E-state index in [1.807, 2.05) is 0 Å². The molecule has 0 radical (unpaired) electrons. The predicted octanol–water partition coefficient (Wildman–Crippen LogP) is 2.13. The molecule has 2 aromatic carbocycles. The number of aliphatic carboxylic acids is 2. The van der Waals surface area contributed by atoms with Crippen molar-refractivity contribution < 1.29 is 34.1 Å². The van der Waals surface area contributed by atoms with E-state index in [2.05, 4.69) is 5.32 Å². The van der Waals surface area contributed by atoms with Crippen LogP contribution in [0.3, 0.4) is 0 Å². The van der Waals surface area contributed by atoms with Crippen LogP contribution in [0.15, 0.2) is 60.7 Å². The fourth-order valence-corrected chi connectivity index (χ4v) is 3.31. The van der Waals surface area contributed by atoms with Crippen molar-refractivity contribution in [1.82, 2.24) is 5.32 Å². The van der Waals surface area contributed by atoms with Crippen molar-refractivity contribution in [2.45, 2.75) is 43.9 Å². The summed E-state index contributed by atoms with van der Waals surface area (Å²) in [6.45, 7) is -0.0829. The van der Waals surface area contributed by atoms with Crippen LogP contribution < -0.4 is 11.1 Å². The molecular formula is C23H26N2O7. The fourth-order valence-electron chi connectivity index (χ4n) is 3.31. The zero-order valence-corrected chi connectivity index (χ0v) is 17.4. The van der Waals surface area contributed by atoms with E-state index in [0.29, 0.717) is 11.1 Å². The van der Waals surface area contributed by atoms with Gasteiger partial charge in [-0.3, -0.25) is 14.4 Å². The monoisotopic (exact) mass is 442 g/mol. The van der Waals surface area contributed by atoms with Crippen molar-refractivity contribution in [3.05, 3.63) is 71.8 Å². The van der Waals surface area contributed by atoms with Crippen LogP contribution in [0.2, 0.25) is 0 Å². The Labute approximate surface area is 185 Å². The summed E-state index contributed by atoms with van der Waals surface area (Å²) < 4.78 is 5.20. The molecule has 2 atom stereocenters. The number of carboxylic acids is 2. The predicted molar refractivity (Wildman–Crippen MR) is 115 cm³/mol. The van der Waals surface area contributed by atoms with Crippen molar-refractivity contribution in [1.29, 1.82) is 0 Å². The van der Waals surface area contributed by atoms with Crippen molar-refractivity contribution in [3.8, 4) is 0 Å². The van der Waals surface area contributed by atoms with E-state index in [-0.39, 0.29) is 25.9 Å². The second-order valence-electron chi connectivity index (χ2n) is 7.40. The number of carbonyl (C=O) groups excluding carboxylic acids is 2. The van der Waals surface area contributed by atoms with Gasteiger partial charge in [-0.1, -0.05) is 60.7 Å². The molecule has 1 amide bonds. The van der Waals surface area contributed by atoms with E-state index in [9.17, 15) is 24.3 Å². The van der Waals surface area contributed by atoms with E-state index in [1.54, 1.807) is 60.7 Å². The number of carbonyl (C=O) groups is 4. The fraction of sp³-hybridized carbons (Fsp3) is 0.304. The Bertz CT molecular complexity index is 934. The molecule has 9 heteroatoms. The molecule has 0 fully saturated rings. The van der Waals surface area contributed by atoms with Crippen molar-refractivity contribution in [3.63, 3.8) is 0 Å². The molecule has 0 spiro atoms. The quantitative estimate of drug-likeness (QED) is 0.389. The number of hydrogen-bond donors (Lipinski definition) is 4. The van der Waals surface area contributed by atoms with Crippen LogP contribution in [-0.4, -0.2) is 45.6 Å². The average molecular weight is 442 g/mol. The Kier molecular flexibility index (Phi) is 8.91. The van der Waals surface area contributed by atoms with Crippen LogP contribution in [0.5, 0.6) is 0 Å². The summed E-state index contributed by atoms with van der Waals surface area (Å²) in [6, 6.07) is 16.1. The minimum Gasteiger partial charge on any atom is -0.481 e. The topological polar surface area (TPSA) is 156 Å². The van der Waals surface area contributed by atoms with Gasteiger partial charge in [-0.05, 0) is 17.5 Å². The first-order valence-electron chi connectivity index (χ1n) is 9.98. The lowest BCUT2D eigenvalue weighted by Gasteiger charge is -2.34. The van der Waals surface area contributed by atoms with E-state index < -0.39 is 41.8 Å². The number of carboxylic acid groups (broad SMARTS) is 2. The first-order valence-corrected chi connectivity index (χ1v) is 9.98. The summed E-state index contributed by atoms with van der Waals surface area (Å²) in [7, 11) is 0. The van der Waals surface area contributed by atoms with Crippen LogP contribution in [0.4, 0.5) is 4.79 Å². The highest BCUT2D eigenvalue weighted by Gasteiger charge is 2.44. The molecule has 2 aromatic rings. The molecule has 2 rings (SSSR count). The van der Waals surface area contributed by atoms with Crippen LogP contribution >= 0.6 is 0 Å². The number of nitrogens with one attached hydrogen (secondary N) is 1. The van der Waals surface area contributed by atoms with Gasteiger partial charge >= 0.3 is 18.0 Å². The number of ketones is 1. The standard InChI is InChI=1S/C23H26N2O7/c24-18(11-12-19(26)27)21(30)23(14-20(28)29,13-16-7-3-1-4-8-16)25-22(31)32-15-17-9-5-2-6-10-17/h1-10,18H,11-15,24H2,(H,25,31)(H,26,27)(H,28,29)/t18?,23-/m1/s1. The zero-order valence-electron chi connectivity index (χ0n) is 17.4. The Hall–Kier alpha value is -3.72. The summed E-state index contributed by atoms with van der Waals surface area (Å²) in [5.74, 6) is -3.25. The number of alkyl carbamates (subject to hydrolysis) is 1. The second-order valence-corrected chi connectivity index (χ2v) is 7.40. The van der Waals surface area contributed by atoms with Gasteiger partial charge in [0.15, 0.2) is 5.78 Å². The van der Waals surface area contributed by atoms with Crippen molar-refractivity contribution in [2.75, 3.05) is 0 Å². The zero-order chi connectivity index (χ0) is 23.6. The van der Waals surface area contributed by atoms with Gasteiger partial charge in [0.25, 0.3) is 0 Å². The maximum absolute atomic E-state index is 13.3. The lowest BCUT2D eigenvalue weighted by atomic mass is 9.80. The van der Waals surface area contributed by atoms with E-state index >= 15 is 0 Å². The van der Waals surface area contributed by atoms with E-state index in [0.717, 1.165) is 0 Å². The molecular weight excluding hydrogens is 416 g/mol. The Morgan fingerprint density at radius 1 is 0.906 bits per heavy atom. The summed E-state index contributed by atoms with van der Waals surface area (Å²) in [5.41, 5.74) is 5.31. The van der Waals surface area contributed by atoms with Gasteiger partial charge in [0.2, 0.25) is 0 Å². The Morgan fingerprint density at radius 2 is 1.47 bits per heavy atom. The maximum Gasteiger partial charge on any atom is 0.408 e. The normalized spacial score (nSPS) is 13.4. The third-order valence-corrected chi connectivity index (χ3v) is 4.83. The molecule has 1 unspecified atom stereocenters. The van der Waals surface area contributed by atoms with Gasteiger partial charge in [-0.2, -0.15) is 0 Å². The number of nitrogens with two attached hydrogens (primary N) is 1. The molecule has 0 aromatic heterocycles. The van der Waals surface area contributed by atoms with Gasteiger partial charge in [0.1, 0.15) is 12.1 Å². The van der Waals surface area contributed by atoms with Crippen LogP contribution in [0.1, 0.15) is 30.4 Å². The van der Waals surface area contributed by atoms with Gasteiger partial charge in [-0.25, -0.2) is 4.79 Å². The third-order valence-electron chi connectivity index (χ3n) is 4.83. The molecule has 0 aliphatic carbocycles. The summed E-state index contributed by atoms with van der Waals surface area (Å²) >= 11 is 0. The molecule has 5 N–H and O–H groups in total. The van der Waals surface area contributed by atoms with Gasteiger partial charge in [0.05, 0.1) is 12.5 Å². The number of hydrogen-bond acceptors (Lipinski definition) is 6. The molecule has 32 heavy (non-hydrogen) atoms. The van der Waals surface area contributed by atoms with Gasteiger partial charge in [-0.15, -0.1) is 0 Å². The highest BCUT2D eigenvalue weighted by atomic mass is 16.5. The Morgan fingerprint density at radius 3 is 2.00 bits per heavy atom. The molecule has 0 aliphatic rings. The SMILES string of the molecule is NC(CCC(=O)O)C(=O)[C@](CC(=O)O)(Cc1ccccc1)NC(=O)OCc1ccccc1. The number of ether oxygens (including phenoxy) is 1. The minimum atomic E-state index is -1.92. The number of amides is 1. The van der Waals surface area contributed by atoms with E-state index in [1.165, 1.54) is 0 Å². The summed E-state index contributed by atoms with van der Waals surface area (Å²) in [4.78, 5) is 48.4. The Balaban J connectivity index is 2.30. The number of benzene rings is 2. The molecule has 9 nitrogen and oxygen atoms in total. The first-order chi connectivity index (χ1) is 15.2. The molecule has 0 bridgehead atoms. The summed E-state index contributed by atoms with van der Waals surface area (Å²) in [6.07, 6.45) is -2.46. The third kappa shape index (κ3) is 7.51. The molecule has 0 aliphatic heterocycles. The molecule has 0 saturated heterocycles. The van der Waals surface area contributed by atoms with Crippen LogP contribution in [0.25, 0.3) is 0 Å². The number of rotatable bonds is 12. The van der Waals surface area contributed by atoms with E-state index in [4.69, 9.17) is 15.6 Å². The van der Waals surface area contributed by atoms with Gasteiger partial charge < -0.3 is 26.0 Å². The minimum absolute atomic E-state index is 0.0829. The van der Waals surface area contributed by atoms with Crippen molar-refractivity contribution >= 4 is 23.8 Å². The summed E-state index contributed by atoms with van der Waals surface area (Å²) in [5, 5.41) is 20.8.